The molecule has 1 aliphatic heterocycles. The van der Waals surface area contributed by atoms with Gasteiger partial charge in [-0.3, -0.25) is 31.9 Å². The van der Waals surface area contributed by atoms with Gasteiger partial charge < -0.3 is 22.8 Å². The Bertz CT molecular complexity index is 3890. The number of phosphoric acid groups is 2. The number of carbonyl (C=O) groups is 1. The minimum atomic E-state index is -5.12. The van der Waals surface area contributed by atoms with Gasteiger partial charge in [-0.2, -0.15) is 0 Å². The van der Waals surface area contributed by atoms with Crippen LogP contribution in [0, 0.1) is 0 Å². The van der Waals surface area contributed by atoms with Gasteiger partial charge in [0.15, 0.2) is 6.10 Å². The van der Waals surface area contributed by atoms with Gasteiger partial charge in [-0.05, 0) is 118 Å². The maximum atomic E-state index is 17.3. The highest BCUT2D eigenvalue weighted by Gasteiger charge is 2.68. The summed E-state index contributed by atoms with van der Waals surface area (Å²) < 4.78 is 107. The van der Waals surface area contributed by atoms with Crippen LogP contribution < -0.4 is 0 Å². The van der Waals surface area contributed by atoms with Crippen LogP contribution in [0.15, 0.2) is 194 Å². The van der Waals surface area contributed by atoms with E-state index in [1.54, 1.807) is 0 Å². The first-order chi connectivity index (χ1) is 46.4. The van der Waals surface area contributed by atoms with Gasteiger partial charge in [-0.15, -0.1) is 0 Å². The quantitative estimate of drug-likeness (QED) is 0.0365. The summed E-state index contributed by atoms with van der Waals surface area (Å²) in [6.45, 7) is 17.7. The Hall–Kier alpha value is -6.28. The van der Waals surface area contributed by atoms with E-state index in [1.807, 2.05) is 128 Å². The van der Waals surface area contributed by atoms with E-state index < -0.39 is 99.0 Å². The van der Waals surface area contributed by atoms with Crippen molar-refractivity contribution in [2.75, 3.05) is 26.4 Å². The Balaban J connectivity index is 0.944. The minimum Gasteiger partial charge on any atom is -0.457 e. The van der Waals surface area contributed by atoms with E-state index in [0.29, 0.717) is 6.42 Å². The Morgan fingerprint density at radius 3 is 0.906 bits per heavy atom. The molecule has 14 nitrogen and oxygen atoms in total. The molecule has 96 heavy (non-hydrogen) atoms. The van der Waals surface area contributed by atoms with Crippen LogP contribution in [0.5, 0.6) is 0 Å². The predicted molar refractivity (Wildman–Crippen MR) is 377 cm³/mol. The van der Waals surface area contributed by atoms with Crippen LogP contribution in [0.25, 0.3) is 44.5 Å². The maximum absolute atomic E-state index is 17.3. The van der Waals surface area contributed by atoms with Gasteiger partial charge in [-0.1, -0.05) is 256 Å². The molecule has 0 bridgehead atoms. The number of aliphatic hydroxyl groups is 1. The first kappa shape index (κ1) is 66.9. The van der Waals surface area contributed by atoms with Crippen LogP contribution >= 0.6 is 15.6 Å². The van der Waals surface area contributed by atoms with Crippen molar-refractivity contribution in [3.63, 3.8) is 0 Å². The molecule has 1 saturated carbocycles. The summed E-state index contributed by atoms with van der Waals surface area (Å²) in [4.78, 5) is 14.6. The Labute approximate surface area is 566 Å². The highest BCUT2D eigenvalue weighted by atomic mass is 31.2. The van der Waals surface area contributed by atoms with E-state index in [2.05, 4.69) is 128 Å². The smallest absolute Gasteiger partial charge is 0.457 e. The summed E-state index contributed by atoms with van der Waals surface area (Å²) in [5.41, 5.74) is 14.9. The fraction of sp³-hybridized carbons (Fsp3) is 0.372. The van der Waals surface area contributed by atoms with E-state index in [1.165, 1.54) is 0 Å². The van der Waals surface area contributed by atoms with Crippen molar-refractivity contribution in [1.82, 2.24) is 0 Å². The zero-order valence-corrected chi connectivity index (χ0v) is 59.7. The summed E-state index contributed by atoms with van der Waals surface area (Å²) in [5.74, 6) is -2.44. The Morgan fingerprint density at radius 2 is 0.646 bits per heavy atom. The number of ether oxygens (including phenoxy) is 1. The van der Waals surface area contributed by atoms with E-state index in [4.69, 9.17) is 44.8 Å². The molecule has 6 aliphatic rings. The minimum absolute atomic E-state index is 0.0610. The highest BCUT2D eigenvalue weighted by molar-refractivity contribution is 7.48. The van der Waals surface area contributed by atoms with Crippen molar-refractivity contribution < 1.29 is 63.9 Å². The topological polar surface area (TPSA) is 164 Å². The van der Waals surface area contributed by atoms with E-state index in [-0.39, 0.29) is 55.0 Å². The van der Waals surface area contributed by atoms with Gasteiger partial charge in [0.05, 0.1) is 26.4 Å². The standard InChI is InChI=1S/C78H86O14P2Si2/c1-10-27-72(79)87-74-73(80)75-78(91-96(50(6)7,51(8)9)92-95(90-75,48(2)3)49(4)5)77(89-94(82,85-46-70-64-40-23-15-32-56(64)57-33-16-24-41-65(57)70)86-47-71-66-42-25-17-34-58(66)59-35-18-26-43-67(59)71)76(74)88-93(81,83-44-68-60-36-19-11-28-52(60)53-29-12-20-37-61(53)68)84-45-69-62-38-21-13-30-54(62)55-31-14-22-39-63(55)69/h11-26,28-43,48-51,68-71,73-78,80H,10,27,44-47H2,1-9H3/t73-,74+,75-,76-,77+,78+/m1/s1. The van der Waals surface area contributed by atoms with Gasteiger partial charge in [0.2, 0.25) is 0 Å². The summed E-state index contributed by atoms with van der Waals surface area (Å²) in [5, 5.41) is 13.7. The maximum Gasteiger partial charge on any atom is 0.475 e. The van der Waals surface area contributed by atoms with Crippen molar-refractivity contribution in [2.45, 2.75) is 158 Å². The lowest BCUT2D eigenvalue weighted by molar-refractivity contribution is -0.222. The largest absolute Gasteiger partial charge is 0.475 e. The summed E-state index contributed by atoms with van der Waals surface area (Å²) >= 11 is 0. The van der Waals surface area contributed by atoms with Crippen LogP contribution in [0.1, 0.15) is 143 Å². The highest BCUT2D eigenvalue weighted by Crippen LogP contribution is 2.63. The first-order valence-corrected chi connectivity index (χ1v) is 41.0. The van der Waals surface area contributed by atoms with Gasteiger partial charge in [-0.25, -0.2) is 9.13 Å². The number of phosphoric ester groups is 2. The van der Waals surface area contributed by atoms with Gasteiger partial charge in [0, 0.05) is 30.1 Å². The Kier molecular flexibility index (Phi) is 18.9. The lowest BCUT2D eigenvalue weighted by Gasteiger charge is -2.49. The SMILES string of the molecule is CCCC(=O)O[C@H]1[C@@H](O)[C@H]2O[Si](C(C)C)(C(C)C)O[Si](C(C)C)(C(C)C)O[C@@H]2[C@@H](OP(=O)(OCC2c3ccccc3-c3ccccc32)OCC2c3ccccc3-c3ccccc32)[C@@H]1OP(=O)(OCC1c2ccccc2-c2ccccc21)OCC1c2ccccc2-c2ccccc21. The lowest BCUT2D eigenvalue weighted by Crippen LogP contribution is -2.68. The van der Waals surface area contributed by atoms with Gasteiger partial charge >= 0.3 is 38.7 Å². The molecular formula is C78H86O14P2Si2. The van der Waals surface area contributed by atoms with Gasteiger partial charge in [0.25, 0.3) is 0 Å². The van der Waals surface area contributed by atoms with Crippen LogP contribution in [0.4, 0.5) is 0 Å². The molecule has 500 valence electrons. The number of hydrogen-bond acceptors (Lipinski definition) is 14. The predicted octanol–water partition coefficient (Wildman–Crippen LogP) is 18.7. The molecule has 0 amide bonds. The van der Waals surface area contributed by atoms with Crippen molar-refractivity contribution in [2.24, 2.45) is 0 Å². The number of aliphatic hydroxyl groups excluding tert-OH is 1. The molecule has 5 aliphatic carbocycles. The van der Waals surface area contributed by atoms with Crippen LogP contribution in [-0.4, -0.2) is 91.2 Å². The third-order valence-corrected chi connectivity index (χ3v) is 34.0. The Morgan fingerprint density at radius 1 is 0.396 bits per heavy atom. The zero-order chi connectivity index (χ0) is 66.8. The van der Waals surface area contributed by atoms with Crippen molar-refractivity contribution in [3.8, 4) is 44.5 Å². The van der Waals surface area contributed by atoms with Crippen LogP contribution in [-0.2, 0) is 58.8 Å². The zero-order valence-electron chi connectivity index (χ0n) is 55.9. The number of rotatable bonds is 23. The molecule has 8 aromatic carbocycles. The molecule has 1 N–H and O–H groups in total. The van der Waals surface area contributed by atoms with Crippen LogP contribution in [0.2, 0.25) is 22.2 Å². The third-order valence-electron chi connectivity index (χ3n) is 20.8. The lowest BCUT2D eigenvalue weighted by atomic mass is 9.85. The average Bonchev–Trinajstić information content (AvgIpc) is 1.36. The number of fused-ring (bicyclic) bond motifs is 13. The van der Waals surface area contributed by atoms with E-state index >= 15 is 9.13 Å². The monoisotopic (exact) mass is 1360 g/mol. The van der Waals surface area contributed by atoms with Gasteiger partial charge in [0.1, 0.15) is 30.5 Å². The van der Waals surface area contributed by atoms with Crippen molar-refractivity contribution in [3.05, 3.63) is 239 Å². The second-order valence-electron chi connectivity index (χ2n) is 27.6. The second-order valence-corrected chi connectivity index (χ2v) is 39.7. The molecule has 1 saturated heterocycles. The average molecular weight is 1370 g/mol. The molecule has 18 heteroatoms. The summed E-state index contributed by atoms with van der Waals surface area (Å²) in [6.07, 6.45) is -9.71. The molecule has 0 spiro atoms. The summed E-state index contributed by atoms with van der Waals surface area (Å²) in [6, 6.07) is 64.7. The molecule has 14 rings (SSSR count). The molecule has 6 atom stereocenters. The fourth-order valence-electron chi connectivity index (χ4n) is 16.2. The second kappa shape index (κ2) is 27.1. The van der Waals surface area contributed by atoms with E-state index in [0.717, 1.165) is 89.0 Å². The number of carbonyl (C=O) groups excluding carboxylic acids is 1. The number of esters is 1. The molecule has 2 fully saturated rings. The van der Waals surface area contributed by atoms with Crippen molar-refractivity contribution in [1.29, 1.82) is 0 Å². The molecule has 8 aromatic rings. The first-order valence-electron chi connectivity index (χ1n) is 34.2. The number of hydrogen-bond donors (Lipinski definition) is 1. The van der Waals surface area contributed by atoms with Crippen molar-refractivity contribution >= 4 is 38.7 Å². The van der Waals surface area contributed by atoms with E-state index in [9.17, 15) is 9.90 Å². The normalized spacial score (nSPS) is 21.7. The molecule has 0 unspecified atom stereocenters. The molecule has 0 aromatic heterocycles. The number of benzene rings is 8. The third kappa shape index (κ3) is 12.0. The summed E-state index contributed by atoms with van der Waals surface area (Å²) in [7, 11) is -17.6. The molecule has 1 heterocycles. The molecule has 0 radical (unpaired) electrons. The van der Waals surface area contributed by atoms with Crippen LogP contribution in [0.3, 0.4) is 0 Å². The fourth-order valence-corrected chi connectivity index (χ4v) is 30.3. The molecular weight excluding hydrogens is 1280 g/mol.